The van der Waals surface area contributed by atoms with Crippen molar-refractivity contribution in [3.8, 4) is 5.75 Å². The SMILES string of the molecule is C[C@@H]1C[C@@H](C)CN(C(=O)COc2ccc3c(C(F)(F)F)cc(=O)oc3c2)C1. The van der Waals surface area contributed by atoms with Crippen LogP contribution in [-0.2, 0) is 11.0 Å². The summed E-state index contributed by atoms with van der Waals surface area (Å²) in [4.78, 5) is 25.5. The van der Waals surface area contributed by atoms with E-state index in [1.54, 1.807) is 4.90 Å². The molecule has 0 radical (unpaired) electrons. The van der Waals surface area contributed by atoms with Crippen LogP contribution in [0.2, 0.25) is 0 Å². The number of amides is 1. The summed E-state index contributed by atoms with van der Waals surface area (Å²) < 4.78 is 49.5. The molecule has 2 atom stereocenters. The first-order valence-corrected chi connectivity index (χ1v) is 8.69. The van der Waals surface area contributed by atoms with Crippen molar-refractivity contribution < 1.29 is 27.1 Å². The average molecular weight is 383 g/mol. The van der Waals surface area contributed by atoms with Crippen LogP contribution in [0.1, 0.15) is 25.8 Å². The van der Waals surface area contributed by atoms with Gasteiger partial charge in [-0.15, -0.1) is 0 Å². The lowest BCUT2D eigenvalue weighted by molar-refractivity contribution is -0.137. The Kier molecular flexibility index (Phi) is 5.17. The fraction of sp³-hybridized carbons (Fsp3) is 0.474. The standard InChI is InChI=1S/C19H20F3NO4/c1-11-5-12(2)9-23(8-11)17(24)10-26-13-3-4-14-15(19(20,21)22)7-18(25)27-16(14)6-13/h3-4,6-7,11-12H,5,8-10H2,1-2H3/t11-,12-/m1/s1. The van der Waals surface area contributed by atoms with E-state index in [4.69, 9.17) is 9.15 Å². The number of alkyl halides is 3. The van der Waals surface area contributed by atoms with Crippen LogP contribution in [0, 0.1) is 11.8 Å². The fourth-order valence-electron chi connectivity index (χ4n) is 3.57. The predicted molar refractivity (Wildman–Crippen MR) is 92.5 cm³/mol. The molecule has 0 bridgehead atoms. The monoisotopic (exact) mass is 383 g/mol. The molecule has 0 spiro atoms. The van der Waals surface area contributed by atoms with Crippen LogP contribution in [-0.4, -0.2) is 30.5 Å². The zero-order valence-electron chi connectivity index (χ0n) is 15.0. The lowest BCUT2D eigenvalue weighted by Crippen LogP contribution is -2.44. The summed E-state index contributed by atoms with van der Waals surface area (Å²) in [6.45, 7) is 5.26. The highest BCUT2D eigenvalue weighted by molar-refractivity contribution is 5.82. The minimum Gasteiger partial charge on any atom is -0.484 e. The van der Waals surface area contributed by atoms with Gasteiger partial charge in [-0.2, -0.15) is 13.2 Å². The lowest BCUT2D eigenvalue weighted by Gasteiger charge is -2.34. The molecule has 8 heteroatoms. The Morgan fingerprint density at radius 1 is 1.22 bits per heavy atom. The van der Waals surface area contributed by atoms with E-state index in [-0.39, 0.29) is 29.2 Å². The van der Waals surface area contributed by atoms with Gasteiger partial charge in [0.05, 0.1) is 5.56 Å². The number of benzene rings is 1. The van der Waals surface area contributed by atoms with Gasteiger partial charge in [-0.25, -0.2) is 4.79 Å². The van der Waals surface area contributed by atoms with Gasteiger partial charge in [0.2, 0.25) is 0 Å². The molecule has 2 heterocycles. The smallest absolute Gasteiger partial charge is 0.417 e. The summed E-state index contributed by atoms with van der Waals surface area (Å²) in [5, 5.41) is -0.237. The van der Waals surface area contributed by atoms with E-state index in [9.17, 15) is 22.8 Å². The highest BCUT2D eigenvalue weighted by Crippen LogP contribution is 2.34. The molecule has 1 aromatic heterocycles. The van der Waals surface area contributed by atoms with Gasteiger partial charge in [-0.1, -0.05) is 13.8 Å². The maximum Gasteiger partial charge on any atom is 0.417 e. The number of rotatable bonds is 3. The lowest BCUT2D eigenvalue weighted by atomic mass is 9.92. The van der Waals surface area contributed by atoms with E-state index in [1.165, 1.54) is 18.2 Å². The molecule has 2 aromatic rings. The summed E-state index contributed by atoms with van der Waals surface area (Å²) in [6.07, 6.45) is -3.61. The molecule has 3 rings (SSSR count). The maximum absolute atomic E-state index is 13.1. The summed E-state index contributed by atoms with van der Waals surface area (Å²) >= 11 is 0. The minimum atomic E-state index is -4.67. The molecule has 1 aliphatic heterocycles. The number of hydrogen-bond donors (Lipinski definition) is 0. The third-order valence-corrected chi connectivity index (χ3v) is 4.61. The van der Waals surface area contributed by atoms with Gasteiger partial charge >= 0.3 is 11.8 Å². The molecule has 1 aliphatic rings. The molecule has 1 amide bonds. The van der Waals surface area contributed by atoms with Crippen LogP contribution in [0.5, 0.6) is 5.75 Å². The third kappa shape index (κ3) is 4.43. The largest absolute Gasteiger partial charge is 0.484 e. The normalized spacial score (nSPS) is 20.7. The minimum absolute atomic E-state index is 0.163. The van der Waals surface area contributed by atoms with Crippen molar-refractivity contribution in [1.82, 2.24) is 4.90 Å². The molecule has 0 N–H and O–H groups in total. The van der Waals surface area contributed by atoms with Crippen molar-refractivity contribution in [3.63, 3.8) is 0 Å². The molecule has 27 heavy (non-hydrogen) atoms. The Morgan fingerprint density at radius 3 is 2.52 bits per heavy atom. The number of hydrogen-bond acceptors (Lipinski definition) is 4. The van der Waals surface area contributed by atoms with Gasteiger partial charge in [-0.05, 0) is 30.4 Å². The summed E-state index contributed by atoms with van der Waals surface area (Å²) in [5.41, 5.74) is -2.40. The van der Waals surface area contributed by atoms with Crippen LogP contribution < -0.4 is 10.4 Å². The van der Waals surface area contributed by atoms with Crippen LogP contribution in [0.3, 0.4) is 0 Å². The number of ether oxygens (including phenoxy) is 1. The molecule has 1 aromatic carbocycles. The van der Waals surface area contributed by atoms with E-state index >= 15 is 0 Å². The molecule has 1 saturated heterocycles. The zero-order valence-corrected chi connectivity index (χ0v) is 15.0. The molecule has 1 fully saturated rings. The second-order valence-corrected chi connectivity index (χ2v) is 7.17. The molecule has 0 unspecified atom stereocenters. The zero-order chi connectivity index (χ0) is 19.8. The Balaban J connectivity index is 1.76. The Hall–Kier alpha value is -2.51. The van der Waals surface area contributed by atoms with Gasteiger partial charge in [0.1, 0.15) is 11.3 Å². The van der Waals surface area contributed by atoms with Crippen LogP contribution in [0.25, 0.3) is 11.0 Å². The number of fused-ring (bicyclic) bond motifs is 1. The summed E-state index contributed by atoms with van der Waals surface area (Å²) in [6, 6.07) is 4.12. The first-order valence-electron chi connectivity index (χ1n) is 8.69. The second kappa shape index (κ2) is 7.25. The summed E-state index contributed by atoms with van der Waals surface area (Å²) in [5.74, 6) is 0.803. The van der Waals surface area contributed by atoms with E-state index in [0.717, 1.165) is 6.42 Å². The van der Waals surface area contributed by atoms with Gasteiger partial charge in [0.15, 0.2) is 6.61 Å². The predicted octanol–water partition coefficient (Wildman–Crippen LogP) is 3.70. The Bertz CT molecular complexity index is 896. The van der Waals surface area contributed by atoms with E-state index in [0.29, 0.717) is 31.0 Å². The highest BCUT2D eigenvalue weighted by Gasteiger charge is 2.34. The van der Waals surface area contributed by atoms with Crippen LogP contribution in [0.4, 0.5) is 13.2 Å². The molecule has 0 saturated carbocycles. The quantitative estimate of drug-likeness (QED) is 0.759. The summed E-state index contributed by atoms with van der Waals surface area (Å²) in [7, 11) is 0. The van der Waals surface area contributed by atoms with E-state index < -0.39 is 17.4 Å². The molecule has 146 valence electrons. The average Bonchev–Trinajstić information content (AvgIpc) is 2.56. The Labute approximate surface area is 153 Å². The molecule has 0 aliphatic carbocycles. The van der Waals surface area contributed by atoms with Crippen molar-refractivity contribution in [1.29, 1.82) is 0 Å². The first-order chi connectivity index (χ1) is 12.6. The Morgan fingerprint density at radius 2 is 1.89 bits per heavy atom. The van der Waals surface area contributed by atoms with Gasteiger partial charge < -0.3 is 14.1 Å². The molecule has 5 nitrogen and oxygen atoms in total. The fourth-order valence-corrected chi connectivity index (χ4v) is 3.57. The highest BCUT2D eigenvalue weighted by atomic mass is 19.4. The van der Waals surface area contributed by atoms with Crippen molar-refractivity contribution >= 4 is 16.9 Å². The molecular weight excluding hydrogens is 363 g/mol. The number of likely N-dealkylation sites (tertiary alicyclic amines) is 1. The number of nitrogens with zero attached hydrogens (tertiary/aromatic N) is 1. The number of carbonyl (C=O) groups excluding carboxylic acids is 1. The third-order valence-electron chi connectivity index (χ3n) is 4.61. The van der Waals surface area contributed by atoms with Crippen molar-refractivity contribution in [2.45, 2.75) is 26.4 Å². The number of halogens is 3. The van der Waals surface area contributed by atoms with Crippen LogP contribution >= 0.6 is 0 Å². The van der Waals surface area contributed by atoms with Crippen molar-refractivity contribution in [3.05, 3.63) is 40.2 Å². The van der Waals surface area contributed by atoms with Crippen molar-refractivity contribution in [2.75, 3.05) is 19.7 Å². The maximum atomic E-state index is 13.1. The van der Waals surface area contributed by atoms with E-state index in [1.807, 2.05) is 0 Å². The topological polar surface area (TPSA) is 59.8 Å². The second-order valence-electron chi connectivity index (χ2n) is 7.17. The van der Waals surface area contributed by atoms with Crippen LogP contribution in [0.15, 0.2) is 33.5 Å². The van der Waals surface area contributed by atoms with E-state index in [2.05, 4.69) is 13.8 Å². The number of piperidine rings is 1. The number of carbonyl (C=O) groups is 1. The van der Waals surface area contributed by atoms with Gasteiger partial charge in [0, 0.05) is 30.6 Å². The molecular formula is C19H20F3NO4. The first kappa shape index (κ1) is 19.3. The van der Waals surface area contributed by atoms with Crippen molar-refractivity contribution in [2.24, 2.45) is 11.8 Å². The van der Waals surface area contributed by atoms with Gasteiger partial charge in [0.25, 0.3) is 5.91 Å². The van der Waals surface area contributed by atoms with Gasteiger partial charge in [-0.3, -0.25) is 4.79 Å².